The van der Waals surface area contributed by atoms with Crippen LogP contribution in [0.5, 0.6) is 0 Å². The Morgan fingerprint density at radius 3 is 2.22 bits per heavy atom. The van der Waals surface area contributed by atoms with Crippen LogP contribution in [0.3, 0.4) is 0 Å². The van der Waals surface area contributed by atoms with Gasteiger partial charge in [-0.1, -0.05) is 55.0 Å². The number of amides is 2. The minimum atomic E-state index is -5.08. The predicted molar refractivity (Wildman–Crippen MR) is 178 cm³/mol. The van der Waals surface area contributed by atoms with Crippen molar-refractivity contribution in [1.29, 1.82) is 0 Å². The van der Waals surface area contributed by atoms with Crippen LogP contribution in [0, 0.1) is 0 Å². The maximum atomic E-state index is 13.4. The summed E-state index contributed by atoms with van der Waals surface area (Å²) in [5.74, 6) is -3.99. The topological polar surface area (TPSA) is 195 Å². The van der Waals surface area contributed by atoms with E-state index in [0.29, 0.717) is 41.6 Å². The number of alkyl halides is 3. The minimum absolute atomic E-state index is 0.0245. The number of benzene rings is 3. The van der Waals surface area contributed by atoms with Crippen LogP contribution in [-0.2, 0) is 48.2 Å². The van der Waals surface area contributed by atoms with Crippen LogP contribution in [0.15, 0.2) is 72.8 Å². The molecule has 1 unspecified atom stereocenters. The quantitative estimate of drug-likeness (QED) is 0.0832. The second-order valence-electron chi connectivity index (χ2n) is 12.1. The molecule has 0 saturated carbocycles. The molecule has 5 N–H and O–H groups in total. The van der Waals surface area contributed by atoms with E-state index in [1.165, 1.54) is 4.90 Å². The SMILES string of the molecule is NCCCCCc1ccc2c(c1)C(=O)NCC(=O)N2c1ccc(C[C@@]2(C(=O)OCc3ccccc3)NC2(C=O)CC=O)cc1.O=C(O)C(F)(F)F. The molecule has 2 amide bonds. The molecule has 0 aromatic heterocycles. The average Bonchev–Trinajstić information content (AvgIpc) is 3.79. The molecule has 0 spiro atoms. The Kier molecular flexibility index (Phi) is 12.4. The summed E-state index contributed by atoms with van der Waals surface area (Å²) in [6, 6.07) is 21.7. The molecule has 270 valence electrons. The maximum absolute atomic E-state index is 13.4. The summed E-state index contributed by atoms with van der Waals surface area (Å²) in [4.78, 5) is 73.5. The van der Waals surface area contributed by atoms with Gasteiger partial charge in [0.15, 0.2) is 0 Å². The molecule has 15 heteroatoms. The number of anilines is 2. The first-order valence-electron chi connectivity index (χ1n) is 16.0. The number of nitrogens with one attached hydrogen (secondary N) is 2. The number of nitrogens with two attached hydrogens (primary N) is 1. The third kappa shape index (κ3) is 9.04. The number of hydrogen-bond acceptors (Lipinski definition) is 9. The number of aryl methyl sites for hydroxylation is 1. The zero-order valence-electron chi connectivity index (χ0n) is 27.4. The van der Waals surface area contributed by atoms with Gasteiger partial charge in [0, 0.05) is 18.5 Å². The van der Waals surface area contributed by atoms with Crippen molar-refractivity contribution in [2.45, 2.75) is 62.4 Å². The van der Waals surface area contributed by atoms with Gasteiger partial charge in [0.25, 0.3) is 11.8 Å². The molecule has 0 radical (unpaired) electrons. The van der Waals surface area contributed by atoms with Crippen LogP contribution in [0.25, 0.3) is 0 Å². The van der Waals surface area contributed by atoms with Gasteiger partial charge >= 0.3 is 18.1 Å². The van der Waals surface area contributed by atoms with Gasteiger partial charge in [-0.15, -0.1) is 0 Å². The van der Waals surface area contributed by atoms with Crippen molar-refractivity contribution >= 4 is 47.7 Å². The van der Waals surface area contributed by atoms with Crippen LogP contribution in [0.1, 0.15) is 52.7 Å². The van der Waals surface area contributed by atoms with Crippen LogP contribution in [0.4, 0.5) is 24.5 Å². The van der Waals surface area contributed by atoms with Gasteiger partial charge in [-0.25, -0.2) is 9.59 Å². The molecule has 0 bridgehead atoms. The fourth-order valence-electron chi connectivity index (χ4n) is 5.82. The number of unbranched alkanes of at least 4 members (excludes halogenated alkanes) is 2. The monoisotopic (exact) mass is 710 g/mol. The lowest BCUT2D eigenvalue weighted by Crippen LogP contribution is -2.39. The molecule has 2 heterocycles. The van der Waals surface area contributed by atoms with Crippen molar-refractivity contribution in [3.63, 3.8) is 0 Å². The first kappa shape index (κ1) is 38.4. The number of carbonyl (C=O) groups excluding carboxylic acids is 5. The molecule has 1 saturated heterocycles. The van der Waals surface area contributed by atoms with Crippen molar-refractivity contribution in [2.24, 2.45) is 5.73 Å². The van der Waals surface area contributed by atoms with E-state index < -0.39 is 29.2 Å². The van der Waals surface area contributed by atoms with E-state index in [9.17, 15) is 37.1 Å². The number of carboxylic acid groups (broad SMARTS) is 1. The number of nitrogens with zero attached hydrogens (tertiary/aromatic N) is 1. The summed E-state index contributed by atoms with van der Waals surface area (Å²) in [6.45, 7) is 0.515. The highest BCUT2D eigenvalue weighted by atomic mass is 19.4. The first-order valence-corrected chi connectivity index (χ1v) is 16.0. The number of carbonyl (C=O) groups is 6. The largest absolute Gasteiger partial charge is 0.490 e. The average molecular weight is 711 g/mol. The Balaban J connectivity index is 0.000000755. The molecule has 3 aromatic rings. The molecule has 12 nitrogen and oxygen atoms in total. The summed E-state index contributed by atoms with van der Waals surface area (Å²) in [6.07, 6.45) is -0.252. The van der Waals surface area contributed by atoms with Crippen molar-refractivity contribution < 1.29 is 51.8 Å². The minimum Gasteiger partial charge on any atom is -0.475 e. The molecule has 2 atom stereocenters. The van der Waals surface area contributed by atoms with E-state index in [1.807, 2.05) is 42.5 Å². The zero-order valence-corrected chi connectivity index (χ0v) is 27.4. The summed E-state index contributed by atoms with van der Waals surface area (Å²) < 4.78 is 37.3. The Hall–Kier alpha value is -5.41. The van der Waals surface area contributed by atoms with Gasteiger partial charge in [0.1, 0.15) is 30.3 Å². The lowest BCUT2D eigenvalue weighted by molar-refractivity contribution is -0.192. The number of aldehydes is 2. The smallest absolute Gasteiger partial charge is 0.475 e. The van der Waals surface area contributed by atoms with Crippen LogP contribution in [0.2, 0.25) is 0 Å². The number of carboxylic acids is 1. The van der Waals surface area contributed by atoms with Gasteiger partial charge < -0.3 is 30.5 Å². The molecule has 2 aliphatic rings. The molecule has 51 heavy (non-hydrogen) atoms. The number of ether oxygens (including phenoxy) is 1. The fraction of sp³-hybridized carbons (Fsp3) is 0.333. The summed E-state index contributed by atoms with van der Waals surface area (Å²) in [7, 11) is 0. The molecule has 2 aliphatic heterocycles. The van der Waals surface area contributed by atoms with Gasteiger partial charge in [0.2, 0.25) is 0 Å². The molecule has 1 fully saturated rings. The van der Waals surface area contributed by atoms with Crippen LogP contribution < -0.4 is 21.3 Å². The van der Waals surface area contributed by atoms with Crippen LogP contribution >= 0.6 is 0 Å². The first-order chi connectivity index (χ1) is 24.3. The molecule has 5 rings (SSSR count). The van der Waals surface area contributed by atoms with Gasteiger partial charge in [-0.2, -0.15) is 13.2 Å². The fourth-order valence-corrected chi connectivity index (χ4v) is 5.82. The maximum Gasteiger partial charge on any atom is 0.490 e. The van der Waals surface area contributed by atoms with Crippen molar-refractivity contribution in [3.05, 3.63) is 95.1 Å². The van der Waals surface area contributed by atoms with Crippen LogP contribution in [-0.4, -0.2) is 71.8 Å². The van der Waals surface area contributed by atoms with Crippen molar-refractivity contribution in [1.82, 2.24) is 10.6 Å². The number of rotatable bonds is 14. The van der Waals surface area contributed by atoms with E-state index in [0.717, 1.165) is 36.8 Å². The van der Waals surface area contributed by atoms with E-state index in [-0.39, 0.29) is 37.8 Å². The normalized spacial score (nSPS) is 19.4. The number of hydrogen-bond donors (Lipinski definition) is 4. The summed E-state index contributed by atoms with van der Waals surface area (Å²) in [5.41, 5.74) is 6.77. The van der Waals surface area contributed by atoms with Gasteiger partial charge in [-0.05, 0) is 66.8 Å². The highest BCUT2D eigenvalue weighted by Gasteiger charge is 2.72. The standard InChI is InChI=1S/C34H36N4O6.C2HF3O2/c35-17-6-2-5-7-24-12-15-29-28(19-24)31(42)36-21-30(41)38(29)27-13-10-25(11-14-27)20-34(33(23-40,37-34)16-18-39)32(43)44-22-26-8-3-1-4-9-26;3-2(4,5)1(6)7/h1,3-4,8-15,18-19,23,37H,2,5-7,16-17,20-22,35H2,(H,36,42);(H,6,7)/t33?,34-;/m0./s1. The van der Waals surface area contributed by atoms with Gasteiger partial charge in [-0.3, -0.25) is 19.8 Å². The number of esters is 1. The highest BCUT2D eigenvalue weighted by Crippen LogP contribution is 2.44. The second kappa shape index (κ2) is 16.5. The zero-order chi connectivity index (χ0) is 37.2. The lowest BCUT2D eigenvalue weighted by atomic mass is 9.85. The van der Waals surface area contributed by atoms with Gasteiger partial charge in [0.05, 0.1) is 17.8 Å². The summed E-state index contributed by atoms with van der Waals surface area (Å²) in [5, 5.41) is 12.8. The Bertz CT molecular complexity index is 1750. The second-order valence-corrected chi connectivity index (χ2v) is 12.1. The number of halogens is 3. The molecular formula is C36H37F3N4O8. The van der Waals surface area contributed by atoms with E-state index in [1.54, 1.807) is 30.3 Å². The lowest BCUT2D eigenvalue weighted by Gasteiger charge is -2.23. The Morgan fingerprint density at radius 1 is 0.941 bits per heavy atom. The predicted octanol–water partition coefficient (Wildman–Crippen LogP) is 3.55. The van der Waals surface area contributed by atoms with Crippen molar-refractivity contribution in [2.75, 3.05) is 18.0 Å². The van der Waals surface area contributed by atoms with Crippen molar-refractivity contribution in [3.8, 4) is 0 Å². The Morgan fingerprint density at radius 2 is 1.61 bits per heavy atom. The molecule has 0 aliphatic carbocycles. The Labute approximate surface area is 291 Å². The van der Waals surface area contributed by atoms with E-state index in [2.05, 4.69) is 10.6 Å². The van der Waals surface area contributed by atoms with E-state index >= 15 is 0 Å². The third-order valence-corrected chi connectivity index (χ3v) is 8.58. The number of aliphatic carboxylic acids is 1. The third-order valence-electron chi connectivity index (χ3n) is 8.58. The highest BCUT2D eigenvalue weighted by molar-refractivity contribution is 6.13. The molecular weight excluding hydrogens is 673 g/mol. The van der Waals surface area contributed by atoms with E-state index in [4.69, 9.17) is 20.4 Å². The number of fused-ring (bicyclic) bond motifs is 1. The summed E-state index contributed by atoms with van der Waals surface area (Å²) >= 11 is 0. The molecule has 3 aromatic carbocycles.